The Kier molecular flexibility index (Phi) is 5.63. The van der Waals surface area contributed by atoms with E-state index in [0.29, 0.717) is 12.1 Å². The SMILES string of the molecule is Cc1ccc(N)cc1NC(=O)CCCSc1ccccn1. The lowest BCUT2D eigenvalue weighted by Crippen LogP contribution is -2.12. The molecule has 1 amide bonds. The third-order valence-electron chi connectivity index (χ3n) is 2.97. The summed E-state index contributed by atoms with van der Waals surface area (Å²) in [7, 11) is 0. The fourth-order valence-corrected chi connectivity index (χ4v) is 2.64. The molecular weight excluding hydrogens is 282 g/mol. The van der Waals surface area contributed by atoms with Crippen LogP contribution in [0.4, 0.5) is 11.4 Å². The van der Waals surface area contributed by atoms with Gasteiger partial charge in [-0.25, -0.2) is 4.98 Å². The molecule has 0 saturated carbocycles. The quantitative estimate of drug-likeness (QED) is 0.487. The van der Waals surface area contributed by atoms with Gasteiger partial charge >= 0.3 is 0 Å². The molecule has 0 atom stereocenters. The number of carbonyl (C=O) groups excluding carboxylic acids is 1. The first kappa shape index (κ1) is 15.4. The van der Waals surface area contributed by atoms with Crippen LogP contribution in [-0.2, 0) is 4.79 Å². The molecule has 0 bridgehead atoms. The summed E-state index contributed by atoms with van der Waals surface area (Å²) in [5.41, 5.74) is 8.19. The number of thioether (sulfide) groups is 1. The number of aromatic nitrogens is 1. The van der Waals surface area contributed by atoms with Gasteiger partial charge in [0, 0.05) is 24.0 Å². The van der Waals surface area contributed by atoms with Gasteiger partial charge in [0.1, 0.15) is 0 Å². The number of hydrogen-bond acceptors (Lipinski definition) is 4. The van der Waals surface area contributed by atoms with Crippen molar-refractivity contribution in [2.45, 2.75) is 24.8 Å². The Balaban J connectivity index is 1.74. The topological polar surface area (TPSA) is 68.0 Å². The van der Waals surface area contributed by atoms with E-state index in [1.54, 1.807) is 24.0 Å². The Hall–Kier alpha value is -2.01. The van der Waals surface area contributed by atoms with E-state index in [2.05, 4.69) is 10.3 Å². The molecule has 1 aromatic carbocycles. The summed E-state index contributed by atoms with van der Waals surface area (Å²) in [4.78, 5) is 16.1. The van der Waals surface area contributed by atoms with E-state index in [-0.39, 0.29) is 5.91 Å². The first-order valence-electron chi connectivity index (χ1n) is 6.85. The Morgan fingerprint density at radius 1 is 1.33 bits per heavy atom. The van der Waals surface area contributed by atoms with E-state index in [9.17, 15) is 4.79 Å². The molecule has 0 radical (unpaired) electrons. The van der Waals surface area contributed by atoms with E-state index in [4.69, 9.17) is 5.73 Å². The van der Waals surface area contributed by atoms with Crippen LogP contribution in [0, 0.1) is 6.92 Å². The minimum atomic E-state index is 0.0188. The number of anilines is 2. The van der Waals surface area contributed by atoms with Crippen LogP contribution in [0.15, 0.2) is 47.6 Å². The summed E-state index contributed by atoms with van der Waals surface area (Å²) in [6, 6.07) is 11.4. The summed E-state index contributed by atoms with van der Waals surface area (Å²) in [6.07, 6.45) is 3.08. The number of carbonyl (C=O) groups is 1. The van der Waals surface area contributed by atoms with E-state index >= 15 is 0 Å². The predicted molar refractivity (Wildman–Crippen MR) is 88.4 cm³/mol. The number of nitrogen functional groups attached to an aromatic ring is 1. The number of nitrogens with one attached hydrogen (secondary N) is 1. The fraction of sp³-hybridized carbons (Fsp3) is 0.250. The van der Waals surface area contributed by atoms with Crippen molar-refractivity contribution in [3.63, 3.8) is 0 Å². The second-order valence-corrected chi connectivity index (χ2v) is 5.86. The zero-order valence-electron chi connectivity index (χ0n) is 12.0. The van der Waals surface area contributed by atoms with Crippen LogP contribution in [0.3, 0.4) is 0 Å². The van der Waals surface area contributed by atoms with Crippen molar-refractivity contribution in [2.24, 2.45) is 0 Å². The van der Waals surface area contributed by atoms with Gasteiger partial charge < -0.3 is 11.1 Å². The van der Waals surface area contributed by atoms with Crippen LogP contribution >= 0.6 is 11.8 Å². The molecule has 0 saturated heterocycles. The molecule has 0 fully saturated rings. The molecule has 1 heterocycles. The van der Waals surface area contributed by atoms with Gasteiger partial charge in [0.25, 0.3) is 0 Å². The lowest BCUT2D eigenvalue weighted by Gasteiger charge is -2.09. The molecule has 0 aliphatic rings. The van der Waals surface area contributed by atoms with Gasteiger partial charge in [-0.1, -0.05) is 12.1 Å². The minimum Gasteiger partial charge on any atom is -0.399 e. The summed E-state index contributed by atoms with van der Waals surface area (Å²) in [5, 5.41) is 3.90. The van der Waals surface area contributed by atoms with E-state index in [0.717, 1.165) is 28.5 Å². The smallest absolute Gasteiger partial charge is 0.224 e. The number of rotatable bonds is 6. The van der Waals surface area contributed by atoms with Crippen LogP contribution in [0.5, 0.6) is 0 Å². The minimum absolute atomic E-state index is 0.0188. The van der Waals surface area contributed by atoms with Crippen LogP contribution in [0.1, 0.15) is 18.4 Å². The summed E-state index contributed by atoms with van der Waals surface area (Å²) in [5.74, 6) is 0.894. The molecule has 110 valence electrons. The van der Waals surface area contributed by atoms with Crippen molar-refractivity contribution in [3.8, 4) is 0 Å². The zero-order chi connectivity index (χ0) is 15.1. The standard InChI is InChI=1S/C16H19N3OS/c1-12-7-8-13(17)11-14(12)19-15(20)5-4-10-21-16-6-2-3-9-18-16/h2-3,6-9,11H,4-5,10,17H2,1H3,(H,19,20). The largest absolute Gasteiger partial charge is 0.399 e. The first-order valence-corrected chi connectivity index (χ1v) is 7.83. The third-order valence-corrected chi connectivity index (χ3v) is 4.00. The third kappa shape index (κ3) is 5.11. The molecule has 3 N–H and O–H groups in total. The molecule has 0 aliphatic heterocycles. The summed E-state index contributed by atoms with van der Waals surface area (Å²) < 4.78 is 0. The number of nitrogens with two attached hydrogens (primary N) is 1. The average Bonchev–Trinajstić information content (AvgIpc) is 2.48. The van der Waals surface area contributed by atoms with Crippen molar-refractivity contribution in [3.05, 3.63) is 48.2 Å². The lowest BCUT2D eigenvalue weighted by atomic mass is 10.1. The number of pyridine rings is 1. The maximum Gasteiger partial charge on any atom is 0.224 e. The lowest BCUT2D eigenvalue weighted by molar-refractivity contribution is -0.116. The number of nitrogens with zero attached hydrogens (tertiary/aromatic N) is 1. The van der Waals surface area contributed by atoms with E-state index < -0.39 is 0 Å². The Morgan fingerprint density at radius 3 is 2.95 bits per heavy atom. The highest BCUT2D eigenvalue weighted by Crippen LogP contribution is 2.19. The second-order valence-electron chi connectivity index (χ2n) is 4.74. The highest BCUT2D eigenvalue weighted by Gasteiger charge is 2.05. The van der Waals surface area contributed by atoms with Crippen molar-refractivity contribution in [2.75, 3.05) is 16.8 Å². The molecule has 2 aromatic rings. The van der Waals surface area contributed by atoms with Crippen molar-refractivity contribution in [1.82, 2.24) is 4.98 Å². The monoisotopic (exact) mass is 301 g/mol. The Morgan fingerprint density at radius 2 is 2.19 bits per heavy atom. The van der Waals surface area contributed by atoms with Gasteiger partial charge in [0.15, 0.2) is 0 Å². The van der Waals surface area contributed by atoms with Gasteiger partial charge in [-0.2, -0.15) is 0 Å². The fourth-order valence-electron chi connectivity index (χ4n) is 1.83. The molecule has 21 heavy (non-hydrogen) atoms. The second kappa shape index (κ2) is 7.69. The number of amides is 1. The molecule has 0 spiro atoms. The first-order chi connectivity index (χ1) is 10.1. The number of benzene rings is 1. The molecule has 0 aliphatic carbocycles. The molecule has 2 rings (SSSR count). The van der Waals surface area contributed by atoms with Gasteiger partial charge in [-0.05, 0) is 48.9 Å². The van der Waals surface area contributed by atoms with Crippen molar-refractivity contribution >= 4 is 29.0 Å². The Labute approximate surface area is 129 Å². The maximum atomic E-state index is 11.9. The molecule has 5 heteroatoms. The van der Waals surface area contributed by atoms with Crippen molar-refractivity contribution < 1.29 is 4.79 Å². The molecule has 0 unspecified atom stereocenters. The Bertz CT molecular complexity index is 602. The van der Waals surface area contributed by atoms with Crippen LogP contribution in [-0.4, -0.2) is 16.6 Å². The molecular formula is C16H19N3OS. The average molecular weight is 301 g/mol. The van der Waals surface area contributed by atoms with Gasteiger partial charge in [-0.3, -0.25) is 4.79 Å². The molecule has 1 aromatic heterocycles. The predicted octanol–water partition coefficient (Wildman–Crippen LogP) is 3.48. The van der Waals surface area contributed by atoms with E-state index in [1.807, 2.05) is 37.3 Å². The maximum absolute atomic E-state index is 11.9. The van der Waals surface area contributed by atoms with Crippen LogP contribution in [0.25, 0.3) is 0 Å². The summed E-state index contributed by atoms with van der Waals surface area (Å²) in [6.45, 7) is 1.95. The highest BCUT2D eigenvalue weighted by atomic mass is 32.2. The number of aryl methyl sites for hydroxylation is 1. The summed E-state index contributed by atoms with van der Waals surface area (Å²) >= 11 is 1.66. The van der Waals surface area contributed by atoms with Gasteiger partial charge in [-0.15, -0.1) is 11.8 Å². The van der Waals surface area contributed by atoms with Gasteiger partial charge in [0.05, 0.1) is 5.03 Å². The zero-order valence-corrected chi connectivity index (χ0v) is 12.8. The highest BCUT2D eigenvalue weighted by molar-refractivity contribution is 7.99. The van der Waals surface area contributed by atoms with Crippen LogP contribution in [0.2, 0.25) is 0 Å². The van der Waals surface area contributed by atoms with E-state index in [1.165, 1.54) is 0 Å². The molecule has 4 nitrogen and oxygen atoms in total. The number of hydrogen-bond donors (Lipinski definition) is 2. The van der Waals surface area contributed by atoms with Crippen LogP contribution < -0.4 is 11.1 Å². The van der Waals surface area contributed by atoms with Crippen molar-refractivity contribution in [1.29, 1.82) is 0 Å². The normalized spacial score (nSPS) is 10.3. The van der Waals surface area contributed by atoms with Gasteiger partial charge in [0.2, 0.25) is 5.91 Å².